The summed E-state index contributed by atoms with van der Waals surface area (Å²) in [6.45, 7) is 0. The lowest BCUT2D eigenvalue weighted by atomic mass is 10.2. The van der Waals surface area contributed by atoms with Crippen molar-refractivity contribution in [2.75, 3.05) is 0 Å². The number of hydrogen-bond acceptors (Lipinski definition) is 4. The van der Waals surface area contributed by atoms with E-state index in [1.165, 1.54) is 0 Å². The van der Waals surface area contributed by atoms with Gasteiger partial charge < -0.3 is 4.42 Å². The Hall–Kier alpha value is -1.94. The van der Waals surface area contributed by atoms with Gasteiger partial charge in [-0.3, -0.25) is 4.98 Å². The summed E-state index contributed by atoms with van der Waals surface area (Å²) in [7, 11) is 0. The molecular weight excluding hydrogens is 226 g/mol. The van der Waals surface area contributed by atoms with Gasteiger partial charge in [0.1, 0.15) is 11.2 Å². The molecule has 0 fully saturated rings. The number of aromatic nitrogens is 3. The molecule has 0 atom stereocenters. The highest BCUT2D eigenvalue weighted by atomic mass is 35.5. The van der Waals surface area contributed by atoms with E-state index in [0.29, 0.717) is 22.5 Å². The maximum Gasteiger partial charge on any atom is 0.223 e. The van der Waals surface area contributed by atoms with Crippen LogP contribution in [0.25, 0.3) is 22.5 Å². The van der Waals surface area contributed by atoms with Crippen molar-refractivity contribution < 1.29 is 4.42 Å². The molecular formula is C11H6ClN3O. The average Bonchev–Trinajstić information content (AvgIpc) is 2.81. The molecule has 3 aromatic heterocycles. The van der Waals surface area contributed by atoms with Crippen LogP contribution in [0.2, 0.25) is 5.28 Å². The number of nitrogens with zero attached hydrogens (tertiary/aromatic N) is 3. The molecule has 0 saturated heterocycles. The van der Waals surface area contributed by atoms with Gasteiger partial charge in [-0.25, -0.2) is 9.97 Å². The van der Waals surface area contributed by atoms with Gasteiger partial charge in [-0.2, -0.15) is 0 Å². The first-order chi connectivity index (χ1) is 7.84. The molecule has 3 rings (SSSR count). The highest BCUT2D eigenvalue weighted by Crippen LogP contribution is 2.25. The molecule has 0 bridgehead atoms. The van der Waals surface area contributed by atoms with Crippen LogP contribution in [0.1, 0.15) is 0 Å². The van der Waals surface area contributed by atoms with Crippen molar-refractivity contribution in [2.24, 2.45) is 0 Å². The molecule has 0 radical (unpaired) electrons. The minimum Gasteiger partial charge on any atom is -0.463 e. The first-order valence-electron chi connectivity index (χ1n) is 4.67. The normalized spacial score (nSPS) is 10.8. The monoisotopic (exact) mass is 231 g/mol. The lowest BCUT2D eigenvalue weighted by Gasteiger charge is -2.01. The van der Waals surface area contributed by atoms with Gasteiger partial charge in [-0.05, 0) is 35.9 Å². The van der Waals surface area contributed by atoms with E-state index in [1.54, 1.807) is 24.6 Å². The molecule has 0 aliphatic heterocycles. The SMILES string of the molecule is Clc1nc(-c2ccco2)c2ncccc2n1. The van der Waals surface area contributed by atoms with Crippen LogP contribution < -0.4 is 0 Å². The second kappa shape index (κ2) is 3.57. The van der Waals surface area contributed by atoms with E-state index in [1.807, 2.05) is 12.1 Å². The maximum absolute atomic E-state index is 5.85. The van der Waals surface area contributed by atoms with E-state index >= 15 is 0 Å². The number of furan rings is 1. The van der Waals surface area contributed by atoms with E-state index in [2.05, 4.69) is 15.0 Å². The molecule has 0 saturated carbocycles. The maximum atomic E-state index is 5.85. The van der Waals surface area contributed by atoms with Gasteiger partial charge in [0.25, 0.3) is 0 Å². The van der Waals surface area contributed by atoms with Crippen molar-refractivity contribution >= 4 is 22.6 Å². The lowest BCUT2D eigenvalue weighted by molar-refractivity contribution is 0.580. The summed E-state index contributed by atoms with van der Waals surface area (Å²) in [5.41, 5.74) is 2.00. The molecule has 5 heteroatoms. The Morgan fingerprint density at radius 3 is 2.88 bits per heavy atom. The Bertz CT molecular complexity index is 637. The molecule has 0 N–H and O–H groups in total. The Kier molecular flexibility index (Phi) is 2.08. The summed E-state index contributed by atoms with van der Waals surface area (Å²) in [5.74, 6) is 0.632. The van der Waals surface area contributed by atoms with E-state index < -0.39 is 0 Å². The van der Waals surface area contributed by atoms with Crippen molar-refractivity contribution in [3.05, 3.63) is 42.0 Å². The molecule has 3 aromatic rings. The fourth-order valence-corrected chi connectivity index (χ4v) is 1.70. The standard InChI is InChI=1S/C11H6ClN3O/c12-11-14-7-3-1-5-13-9(7)10(15-11)8-4-2-6-16-8/h1-6H. The second-order valence-corrected chi connectivity index (χ2v) is 3.53. The van der Waals surface area contributed by atoms with Gasteiger partial charge in [-0.1, -0.05) is 0 Å². The zero-order valence-corrected chi connectivity index (χ0v) is 8.85. The van der Waals surface area contributed by atoms with E-state index in [4.69, 9.17) is 16.0 Å². The molecule has 0 aromatic carbocycles. The molecule has 16 heavy (non-hydrogen) atoms. The van der Waals surface area contributed by atoms with Crippen LogP contribution in [0.5, 0.6) is 0 Å². The fraction of sp³-hybridized carbons (Fsp3) is 0. The molecule has 0 unspecified atom stereocenters. The van der Waals surface area contributed by atoms with Crippen molar-refractivity contribution in [1.29, 1.82) is 0 Å². The van der Waals surface area contributed by atoms with Gasteiger partial charge in [0, 0.05) is 6.20 Å². The Balaban J connectivity index is 2.39. The van der Waals surface area contributed by atoms with Gasteiger partial charge in [0.2, 0.25) is 5.28 Å². The van der Waals surface area contributed by atoms with Crippen molar-refractivity contribution in [1.82, 2.24) is 15.0 Å². The van der Waals surface area contributed by atoms with E-state index in [9.17, 15) is 0 Å². The minimum atomic E-state index is 0.187. The molecule has 3 heterocycles. The highest BCUT2D eigenvalue weighted by molar-refractivity contribution is 6.28. The quantitative estimate of drug-likeness (QED) is 0.604. The molecule has 0 amide bonds. The second-order valence-electron chi connectivity index (χ2n) is 3.19. The van der Waals surface area contributed by atoms with Crippen LogP contribution in [0.15, 0.2) is 41.1 Å². The summed E-state index contributed by atoms with van der Waals surface area (Å²) in [6, 6.07) is 7.24. The number of rotatable bonds is 1. The number of hydrogen-bond donors (Lipinski definition) is 0. The number of fused-ring (bicyclic) bond motifs is 1. The van der Waals surface area contributed by atoms with Crippen LogP contribution in [0.3, 0.4) is 0 Å². The molecule has 0 aliphatic rings. The summed E-state index contributed by atoms with van der Waals surface area (Å²) in [6.07, 6.45) is 3.27. The first kappa shape index (κ1) is 9.30. The van der Waals surface area contributed by atoms with Gasteiger partial charge in [0.15, 0.2) is 5.76 Å². The summed E-state index contributed by atoms with van der Waals surface area (Å²) >= 11 is 5.85. The average molecular weight is 232 g/mol. The zero-order chi connectivity index (χ0) is 11.0. The first-order valence-corrected chi connectivity index (χ1v) is 5.04. The van der Waals surface area contributed by atoms with Gasteiger partial charge >= 0.3 is 0 Å². The Labute approximate surface area is 95.9 Å². The Morgan fingerprint density at radius 2 is 2.06 bits per heavy atom. The van der Waals surface area contributed by atoms with Crippen molar-refractivity contribution in [2.45, 2.75) is 0 Å². The van der Waals surface area contributed by atoms with Crippen molar-refractivity contribution in [3.63, 3.8) is 0 Å². The molecule has 4 nitrogen and oxygen atoms in total. The predicted octanol–water partition coefficient (Wildman–Crippen LogP) is 2.94. The fourth-order valence-electron chi connectivity index (χ4n) is 1.52. The summed E-state index contributed by atoms with van der Waals surface area (Å²) in [5, 5.41) is 0.187. The third-order valence-corrected chi connectivity index (χ3v) is 2.35. The van der Waals surface area contributed by atoms with Crippen molar-refractivity contribution in [3.8, 4) is 11.5 Å². The predicted molar refractivity (Wildman–Crippen MR) is 60.0 cm³/mol. The smallest absolute Gasteiger partial charge is 0.223 e. The van der Waals surface area contributed by atoms with Crippen LogP contribution in [-0.4, -0.2) is 15.0 Å². The third kappa shape index (κ3) is 1.44. The molecule has 0 spiro atoms. The number of pyridine rings is 1. The zero-order valence-electron chi connectivity index (χ0n) is 8.09. The van der Waals surface area contributed by atoms with Gasteiger partial charge in [-0.15, -0.1) is 0 Å². The topological polar surface area (TPSA) is 51.8 Å². The van der Waals surface area contributed by atoms with Crippen LogP contribution in [-0.2, 0) is 0 Å². The number of halogens is 1. The van der Waals surface area contributed by atoms with Crippen LogP contribution in [0.4, 0.5) is 0 Å². The third-order valence-electron chi connectivity index (χ3n) is 2.18. The molecule has 78 valence electrons. The van der Waals surface area contributed by atoms with E-state index in [0.717, 1.165) is 0 Å². The van der Waals surface area contributed by atoms with E-state index in [-0.39, 0.29) is 5.28 Å². The lowest BCUT2D eigenvalue weighted by Crippen LogP contribution is -1.91. The minimum absolute atomic E-state index is 0.187. The summed E-state index contributed by atoms with van der Waals surface area (Å²) < 4.78 is 5.29. The Morgan fingerprint density at radius 1 is 1.12 bits per heavy atom. The highest BCUT2D eigenvalue weighted by Gasteiger charge is 2.11. The molecule has 0 aliphatic carbocycles. The van der Waals surface area contributed by atoms with Crippen LogP contribution in [0, 0.1) is 0 Å². The summed E-state index contributed by atoms with van der Waals surface area (Å²) in [4.78, 5) is 12.5. The van der Waals surface area contributed by atoms with Crippen LogP contribution >= 0.6 is 11.6 Å². The van der Waals surface area contributed by atoms with Gasteiger partial charge in [0.05, 0.1) is 11.8 Å². The largest absolute Gasteiger partial charge is 0.463 e.